The number of pyridine rings is 3. The Morgan fingerprint density at radius 1 is 1.17 bits per heavy atom. The van der Waals surface area contributed by atoms with E-state index in [1.807, 2.05) is 30.3 Å². The first kappa shape index (κ1) is 10.7. The third-order valence-corrected chi connectivity index (χ3v) is 2.94. The van der Waals surface area contributed by atoms with E-state index in [2.05, 4.69) is 9.97 Å². The lowest BCUT2D eigenvalue weighted by atomic mass is 10.1. The predicted molar refractivity (Wildman–Crippen MR) is 70.2 cm³/mol. The molecule has 3 heterocycles. The van der Waals surface area contributed by atoms with Gasteiger partial charge in [-0.05, 0) is 24.3 Å². The summed E-state index contributed by atoms with van der Waals surface area (Å²) in [4.78, 5) is 20.6. The van der Waals surface area contributed by atoms with Gasteiger partial charge in [-0.3, -0.25) is 14.3 Å². The van der Waals surface area contributed by atoms with Crippen molar-refractivity contribution in [3.05, 3.63) is 59.3 Å². The number of aromatic nitrogens is 3. The minimum absolute atomic E-state index is 0.0609. The summed E-state index contributed by atoms with van der Waals surface area (Å²) in [6.07, 6.45) is 5.07. The zero-order chi connectivity index (χ0) is 12.5. The van der Waals surface area contributed by atoms with Crippen LogP contribution in [0.25, 0.3) is 22.2 Å². The number of nitrogens with zero attached hydrogens (tertiary/aromatic N) is 3. The smallest absolute Gasteiger partial charge is 0.259 e. The molecule has 0 radical (unpaired) electrons. The Morgan fingerprint density at radius 2 is 2.00 bits per heavy atom. The minimum Gasteiger partial charge on any atom is -0.295 e. The monoisotopic (exact) mass is 237 g/mol. The summed E-state index contributed by atoms with van der Waals surface area (Å²) in [5.74, 6) is 0. The van der Waals surface area contributed by atoms with Crippen LogP contribution in [0.1, 0.15) is 0 Å². The molecule has 3 rings (SSSR count). The van der Waals surface area contributed by atoms with Crippen LogP contribution in [0, 0.1) is 0 Å². The van der Waals surface area contributed by atoms with Crippen molar-refractivity contribution in [1.82, 2.24) is 14.5 Å². The second-order valence-corrected chi connectivity index (χ2v) is 4.08. The van der Waals surface area contributed by atoms with Crippen molar-refractivity contribution >= 4 is 11.0 Å². The number of aryl methyl sites for hydroxylation is 1. The molecule has 0 aliphatic carbocycles. The lowest BCUT2D eigenvalue weighted by Crippen LogP contribution is -2.19. The lowest BCUT2D eigenvalue weighted by Gasteiger charge is -2.07. The summed E-state index contributed by atoms with van der Waals surface area (Å²) >= 11 is 0. The van der Waals surface area contributed by atoms with Crippen LogP contribution < -0.4 is 5.56 Å². The molecule has 3 aromatic rings. The van der Waals surface area contributed by atoms with Crippen LogP contribution in [-0.2, 0) is 7.05 Å². The van der Waals surface area contributed by atoms with Crippen molar-refractivity contribution in [1.29, 1.82) is 0 Å². The lowest BCUT2D eigenvalue weighted by molar-refractivity contribution is 0.890. The number of hydrogen-bond acceptors (Lipinski definition) is 3. The minimum atomic E-state index is -0.0609. The fourth-order valence-electron chi connectivity index (χ4n) is 2.03. The van der Waals surface area contributed by atoms with E-state index in [1.54, 1.807) is 30.2 Å². The summed E-state index contributed by atoms with van der Waals surface area (Å²) in [6, 6.07) is 9.37. The predicted octanol–water partition coefficient (Wildman–Crippen LogP) is 2.00. The van der Waals surface area contributed by atoms with Crippen LogP contribution in [0.5, 0.6) is 0 Å². The van der Waals surface area contributed by atoms with Gasteiger partial charge in [-0.1, -0.05) is 6.07 Å². The van der Waals surface area contributed by atoms with E-state index in [0.717, 1.165) is 10.9 Å². The number of hydrogen-bond donors (Lipinski definition) is 0. The first-order chi connectivity index (χ1) is 8.77. The van der Waals surface area contributed by atoms with E-state index in [0.29, 0.717) is 11.2 Å². The molecule has 0 amide bonds. The second kappa shape index (κ2) is 4.07. The Bertz CT molecular complexity index is 763. The van der Waals surface area contributed by atoms with Crippen LogP contribution in [0.4, 0.5) is 0 Å². The number of fused-ring (bicyclic) bond motifs is 1. The maximum absolute atomic E-state index is 12.3. The zero-order valence-corrected chi connectivity index (χ0v) is 9.87. The van der Waals surface area contributed by atoms with Gasteiger partial charge in [-0.2, -0.15) is 0 Å². The summed E-state index contributed by atoms with van der Waals surface area (Å²) in [5.41, 5.74) is 2.10. The van der Waals surface area contributed by atoms with E-state index in [4.69, 9.17) is 0 Å². The van der Waals surface area contributed by atoms with Gasteiger partial charge >= 0.3 is 0 Å². The molecule has 0 atom stereocenters. The van der Waals surface area contributed by atoms with Gasteiger partial charge in [-0.15, -0.1) is 0 Å². The fraction of sp³-hybridized carbons (Fsp3) is 0.0714. The van der Waals surface area contributed by atoms with Crippen LogP contribution in [-0.4, -0.2) is 14.5 Å². The molecule has 4 heteroatoms. The van der Waals surface area contributed by atoms with Crippen LogP contribution in [0.2, 0.25) is 0 Å². The molecule has 0 fully saturated rings. The third kappa shape index (κ3) is 1.59. The summed E-state index contributed by atoms with van der Waals surface area (Å²) in [5, 5.41) is 0.943. The van der Waals surface area contributed by atoms with Gasteiger partial charge in [0.05, 0.1) is 0 Å². The molecule has 0 spiro atoms. The molecular weight excluding hydrogens is 226 g/mol. The highest BCUT2D eigenvalue weighted by atomic mass is 16.1. The average Bonchev–Trinajstić information content (AvgIpc) is 2.44. The van der Waals surface area contributed by atoms with E-state index in [1.165, 1.54) is 0 Å². The Labute approximate surface area is 104 Å². The van der Waals surface area contributed by atoms with Gasteiger partial charge in [-0.25, -0.2) is 4.98 Å². The summed E-state index contributed by atoms with van der Waals surface area (Å²) in [7, 11) is 1.73. The van der Waals surface area contributed by atoms with Crippen molar-refractivity contribution in [2.75, 3.05) is 0 Å². The maximum atomic E-state index is 12.3. The van der Waals surface area contributed by atoms with Crippen molar-refractivity contribution in [2.45, 2.75) is 0 Å². The van der Waals surface area contributed by atoms with E-state index >= 15 is 0 Å². The summed E-state index contributed by atoms with van der Waals surface area (Å²) < 4.78 is 1.57. The van der Waals surface area contributed by atoms with Crippen molar-refractivity contribution in [2.24, 2.45) is 7.05 Å². The molecule has 0 saturated carbocycles. The molecule has 4 nitrogen and oxygen atoms in total. The standard InChI is InChI=1S/C14H11N3O/c1-17-13-10(4-3-7-16-13)8-12(14(17)18)11-5-2-6-15-9-11/h2-9H,1H3. The van der Waals surface area contributed by atoms with Crippen molar-refractivity contribution < 1.29 is 0 Å². The SMILES string of the molecule is Cn1c(=O)c(-c2cccnc2)cc2cccnc21. The van der Waals surface area contributed by atoms with Gasteiger partial charge in [0.15, 0.2) is 0 Å². The van der Waals surface area contributed by atoms with Gasteiger partial charge < -0.3 is 0 Å². The van der Waals surface area contributed by atoms with E-state index < -0.39 is 0 Å². The third-order valence-electron chi connectivity index (χ3n) is 2.94. The number of rotatable bonds is 1. The van der Waals surface area contributed by atoms with Gasteiger partial charge in [0.1, 0.15) is 5.65 Å². The highest BCUT2D eigenvalue weighted by Gasteiger charge is 2.08. The zero-order valence-electron chi connectivity index (χ0n) is 9.87. The largest absolute Gasteiger partial charge is 0.295 e. The molecular formula is C14H11N3O. The molecule has 0 N–H and O–H groups in total. The quantitative estimate of drug-likeness (QED) is 0.650. The van der Waals surface area contributed by atoms with Crippen molar-refractivity contribution in [3.8, 4) is 11.1 Å². The average molecular weight is 237 g/mol. The molecule has 0 bridgehead atoms. The molecule has 0 unspecified atom stereocenters. The summed E-state index contributed by atoms with van der Waals surface area (Å²) in [6.45, 7) is 0. The van der Waals surface area contributed by atoms with Crippen LogP contribution in [0.15, 0.2) is 53.7 Å². The topological polar surface area (TPSA) is 47.8 Å². The molecule has 0 saturated heterocycles. The highest BCUT2D eigenvalue weighted by Crippen LogP contribution is 2.18. The van der Waals surface area contributed by atoms with Gasteiger partial charge in [0, 0.05) is 42.2 Å². The van der Waals surface area contributed by atoms with Gasteiger partial charge in [0.2, 0.25) is 0 Å². The first-order valence-corrected chi connectivity index (χ1v) is 5.62. The highest BCUT2D eigenvalue weighted by molar-refractivity contribution is 5.80. The maximum Gasteiger partial charge on any atom is 0.259 e. The van der Waals surface area contributed by atoms with E-state index in [9.17, 15) is 4.79 Å². The van der Waals surface area contributed by atoms with Crippen molar-refractivity contribution in [3.63, 3.8) is 0 Å². The van der Waals surface area contributed by atoms with Crippen LogP contribution in [0.3, 0.4) is 0 Å². The van der Waals surface area contributed by atoms with Crippen LogP contribution >= 0.6 is 0 Å². The first-order valence-electron chi connectivity index (χ1n) is 5.62. The molecule has 0 aliphatic heterocycles. The molecule has 0 aliphatic rings. The normalized spacial score (nSPS) is 10.7. The van der Waals surface area contributed by atoms with E-state index in [-0.39, 0.29) is 5.56 Å². The Hall–Kier alpha value is -2.49. The Morgan fingerprint density at radius 3 is 2.78 bits per heavy atom. The molecule has 18 heavy (non-hydrogen) atoms. The molecule has 3 aromatic heterocycles. The van der Waals surface area contributed by atoms with Gasteiger partial charge in [0.25, 0.3) is 5.56 Å². The molecule has 0 aromatic carbocycles. The molecule has 88 valence electrons. The second-order valence-electron chi connectivity index (χ2n) is 4.08. The Balaban J connectivity index is 2.38. The fourth-order valence-corrected chi connectivity index (χ4v) is 2.03. The Kier molecular flexibility index (Phi) is 2.41.